The van der Waals surface area contributed by atoms with Crippen molar-refractivity contribution >= 4 is 35.6 Å². The molecule has 1 aliphatic heterocycles. The van der Waals surface area contributed by atoms with E-state index in [1.165, 1.54) is 50.9 Å². The first-order chi connectivity index (χ1) is 14.2. The van der Waals surface area contributed by atoms with Gasteiger partial charge < -0.3 is 20.7 Å². The summed E-state index contributed by atoms with van der Waals surface area (Å²) < 4.78 is 5.16. The smallest absolute Gasteiger partial charge is 0.193 e. The molecular formula is C24H35IN4O. The average Bonchev–Trinajstić information content (AvgIpc) is 2.76. The van der Waals surface area contributed by atoms with Crippen LogP contribution in [0.1, 0.15) is 31.2 Å². The van der Waals surface area contributed by atoms with Gasteiger partial charge >= 0.3 is 0 Å². The van der Waals surface area contributed by atoms with E-state index in [9.17, 15) is 0 Å². The minimum atomic E-state index is 0. The Kier molecular flexibility index (Phi) is 11.0. The van der Waals surface area contributed by atoms with Crippen LogP contribution in [0.4, 0.5) is 5.69 Å². The Morgan fingerprint density at radius 3 is 2.43 bits per heavy atom. The van der Waals surface area contributed by atoms with Crippen LogP contribution in [0.3, 0.4) is 0 Å². The van der Waals surface area contributed by atoms with E-state index in [2.05, 4.69) is 45.5 Å². The first-order valence-corrected chi connectivity index (χ1v) is 10.7. The molecular weight excluding hydrogens is 487 g/mol. The standard InChI is InChI=1S/C24H34N4O.HI/c1-29-23-11-9-22(10-12-23)27-24(25)26-15-5-6-16-28-17-13-21(14-18-28)19-20-7-3-2-4-8-20;/h2-4,7-12,21H,5-6,13-19H2,1H3,(H3,25,26,27);1H. The molecule has 1 heterocycles. The molecule has 6 heteroatoms. The van der Waals surface area contributed by atoms with Crippen LogP contribution in [0.5, 0.6) is 5.75 Å². The number of anilines is 1. The molecule has 0 saturated carbocycles. The molecule has 0 aromatic heterocycles. The van der Waals surface area contributed by atoms with Gasteiger partial charge in [0.1, 0.15) is 5.75 Å². The molecule has 0 radical (unpaired) electrons. The summed E-state index contributed by atoms with van der Waals surface area (Å²) in [5, 5.41) is 3.12. The second-order valence-electron chi connectivity index (χ2n) is 7.80. The number of rotatable bonds is 9. The molecule has 0 atom stereocenters. The van der Waals surface area contributed by atoms with E-state index in [4.69, 9.17) is 10.5 Å². The SMILES string of the molecule is COc1ccc(NC(N)=NCCCCN2CCC(Cc3ccccc3)CC2)cc1.I. The van der Waals surface area contributed by atoms with Crippen molar-refractivity contribution in [3.05, 3.63) is 60.2 Å². The molecule has 164 valence electrons. The van der Waals surface area contributed by atoms with Crippen LogP contribution in [0, 0.1) is 5.92 Å². The lowest BCUT2D eigenvalue weighted by Crippen LogP contribution is -2.35. The third kappa shape index (κ3) is 8.52. The molecule has 0 aliphatic carbocycles. The number of methoxy groups -OCH3 is 1. The minimum absolute atomic E-state index is 0. The Bertz CT molecular complexity index is 744. The molecule has 5 nitrogen and oxygen atoms in total. The molecule has 3 N–H and O–H groups in total. The van der Waals surface area contributed by atoms with Crippen molar-refractivity contribution in [1.29, 1.82) is 0 Å². The van der Waals surface area contributed by atoms with Gasteiger partial charge in [-0.3, -0.25) is 4.99 Å². The van der Waals surface area contributed by atoms with Crippen molar-refractivity contribution in [2.75, 3.05) is 38.6 Å². The molecule has 0 bridgehead atoms. The van der Waals surface area contributed by atoms with Crippen LogP contribution in [0.15, 0.2) is 59.6 Å². The highest BCUT2D eigenvalue weighted by atomic mass is 127. The Balaban J connectivity index is 0.00000320. The van der Waals surface area contributed by atoms with Crippen molar-refractivity contribution < 1.29 is 4.74 Å². The fraction of sp³-hybridized carbons (Fsp3) is 0.458. The number of hydrogen-bond acceptors (Lipinski definition) is 3. The predicted octanol–water partition coefficient (Wildman–Crippen LogP) is 4.77. The lowest BCUT2D eigenvalue weighted by atomic mass is 9.90. The van der Waals surface area contributed by atoms with Gasteiger partial charge in [0.2, 0.25) is 0 Å². The van der Waals surface area contributed by atoms with E-state index in [-0.39, 0.29) is 24.0 Å². The fourth-order valence-electron chi connectivity index (χ4n) is 3.87. The topological polar surface area (TPSA) is 62.9 Å². The van der Waals surface area contributed by atoms with E-state index in [0.29, 0.717) is 5.96 Å². The molecule has 2 aromatic rings. The Labute approximate surface area is 198 Å². The van der Waals surface area contributed by atoms with Gasteiger partial charge in [0.05, 0.1) is 7.11 Å². The van der Waals surface area contributed by atoms with Crippen molar-refractivity contribution in [2.24, 2.45) is 16.6 Å². The molecule has 2 aromatic carbocycles. The number of hydrogen-bond donors (Lipinski definition) is 2. The summed E-state index contributed by atoms with van der Waals surface area (Å²) in [6.07, 6.45) is 6.08. The third-order valence-electron chi connectivity index (χ3n) is 5.60. The number of halogens is 1. The van der Waals surface area contributed by atoms with Crippen molar-refractivity contribution in [1.82, 2.24) is 4.90 Å². The zero-order chi connectivity index (χ0) is 20.3. The van der Waals surface area contributed by atoms with Gasteiger partial charge in [-0.05, 0) is 87.5 Å². The number of nitrogens with one attached hydrogen (secondary N) is 1. The lowest BCUT2D eigenvalue weighted by Gasteiger charge is -2.32. The van der Waals surface area contributed by atoms with Gasteiger partial charge in [0.15, 0.2) is 5.96 Å². The summed E-state index contributed by atoms with van der Waals surface area (Å²) in [5.41, 5.74) is 8.38. The van der Waals surface area contributed by atoms with Gasteiger partial charge in [0, 0.05) is 12.2 Å². The largest absolute Gasteiger partial charge is 0.497 e. The number of aliphatic imine (C=N–C) groups is 1. The predicted molar refractivity (Wildman–Crippen MR) is 137 cm³/mol. The summed E-state index contributed by atoms with van der Waals surface area (Å²) >= 11 is 0. The van der Waals surface area contributed by atoms with E-state index in [0.717, 1.165) is 30.3 Å². The molecule has 1 saturated heterocycles. The zero-order valence-electron chi connectivity index (χ0n) is 17.9. The summed E-state index contributed by atoms with van der Waals surface area (Å²) in [4.78, 5) is 7.04. The summed E-state index contributed by atoms with van der Waals surface area (Å²) in [7, 11) is 1.66. The van der Waals surface area contributed by atoms with Gasteiger partial charge in [-0.15, -0.1) is 24.0 Å². The fourth-order valence-corrected chi connectivity index (χ4v) is 3.87. The summed E-state index contributed by atoms with van der Waals surface area (Å²) in [6, 6.07) is 18.6. The monoisotopic (exact) mass is 522 g/mol. The maximum atomic E-state index is 5.98. The number of piperidine rings is 1. The molecule has 3 rings (SSSR count). The number of nitrogens with two attached hydrogens (primary N) is 1. The third-order valence-corrected chi connectivity index (χ3v) is 5.60. The second kappa shape index (κ2) is 13.5. The van der Waals surface area contributed by atoms with Gasteiger partial charge in [-0.2, -0.15) is 0 Å². The molecule has 1 aliphatic rings. The molecule has 1 fully saturated rings. The number of nitrogens with zero attached hydrogens (tertiary/aromatic N) is 2. The van der Waals surface area contributed by atoms with E-state index < -0.39 is 0 Å². The normalized spacial score (nSPS) is 15.4. The molecule has 0 unspecified atom stereocenters. The highest BCUT2D eigenvalue weighted by Gasteiger charge is 2.18. The minimum Gasteiger partial charge on any atom is -0.497 e. The highest BCUT2D eigenvalue weighted by molar-refractivity contribution is 14.0. The first-order valence-electron chi connectivity index (χ1n) is 10.7. The van der Waals surface area contributed by atoms with E-state index in [1.54, 1.807) is 7.11 Å². The summed E-state index contributed by atoms with van der Waals surface area (Å²) in [6.45, 7) is 4.38. The summed E-state index contributed by atoms with van der Waals surface area (Å²) in [5.74, 6) is 2.13. The Morgan fingerprint density at radius 1 is 1.07 bits per heavy atom. The van der Waals surface area contributed by atoms with E-state index in [1.807, 2.05) is 24.3 Å². The number of likely N-dealkylation sites (tertiary alicyclic amines) is 1. The number of benzene rings is 2. The van der Waals surface area contributed by atoms with Crippen LogP contribution < -0.4 is 15.8 Å². The molecule has 0 spiro atoms. The van der Waals surface area contributed by atoms with Gasteiger partial charge in [-0.1, -0.05) is 30.3 Å². The second-order valence-corrected chi connectivity index (χ2v) is 7.80. The van der Waals surface area contributed by atoms with Crippen LogP contribution in [-0.2, 0) is 6.42 Å². The number of guanidine groups is 1. The quantitative estimate of drug-likeness (QED) is 0.216. The van der Waals surface area contributed by atoms with Crippen LogP contribution in [-0.4, -0.2) is 44.1 Å². The van der Waals surface area contributed by atoms with Crippen LogP contribution >= 0.6 is 24.0 Å². The number of unbranched alkanes of at least 4 members (excludes halogenated alkanes) is 1. The molecule has 30 heavy (non-hydrogen) atoms. The highest BCUT2D eigenvalue weighted by Crippen LogP contribution is 2.21. The van der Waals surface area contributed by atoms with E-state index >= 15 is 0 Å². The Hall–Kier alpha value is -1.80. The van der Waals surface area contributed by atoms with Crippen molar-refractivity contribution in [3.63, 3.8) is 0 Å². The van der Waals surface area contributed by atoms with Crippen LogP contribution in [0.2, 0.25) is 0 Å². The average molecular weight is 522 g/mol. The van der Waals surface area contributed by atoms with Gasteiger partial charge in [-0.25, -0.2) is 0 Å². The first kappa shape index (κ1) is 24.5. The van der Waals surface area contributed by atoms with Crippen molar-refractivity contribution in [3.8, 4) is 5.75 Å². The van der Waals surface area contributed by atoms with Gasteiger partial charge in [0.25, 0.3) is 0 Å². The zero-order valence-corrected chi connectivity index (χ0v) is 20.3. The van der Waals surface area contributed by atoms with Crippen molar-refractivity contribution in [2.45, 2.75) is 32.1 Å². The lowest BCUT2D eigenvalue weighted by molar-refractivity contribution is 0.181. The Morgan fingerprint density at radius 2 is 1.77 bits per heavy atom. The molecule has 0 amide bonds. The maximum absolute atomic E-state index is 5.98. The van der Waals surface area contributed by atoms with Crippen LogP contribution in [0.25, 0.3) is 0 Å². The number of ether oxygens (including phenoxy) is 1. The maximum Gasteiger partial charge on any atom is 0.193 e.